The highest BCUT2D eigenvalue weighted by Crippen LogP contribution is 2.23. The van der Waals surface area contributed by atoms with Crippen molar-refractivity contribution in [3.05, 3.63) is 29.5 Å². The highest BCUT2D eigenvalue weighted by Gasteiger charge is 2.18. The zero-order valence-corrected chi connectivity index (χ0v) is 12.3. The first-order chi connectivity index (χ1) is 9.56. The van der Waals surface area contributed by atoms with Crippen molar-refractivity contribution in [3.63, 3.8) is 0 Å². The third-order valence-corrected chi connectivity index (χ3v) is 3.68. The molecule has 0 aliphatic rings. The summed E-state index contributed by atoms with van der Waals surface area (Å²) in [6.45, 7) is 4.39. The third-order valence-electron chi connectivity index (χ3n) is 2.82. The fourth-order valence-electron chi connectivity index (χ4n) is 1.87. The van der Waals surface area contributed by atoms with Crippen LogP contribution in [0.5, 0.6) is 0 Å². The fraction of sp³-hybridized carbons (Fsp3) is 0.429. The number of carboxylic acids is 1. The molecule has 2 aromatic rings. The number of oxazole rings is 1. The fourth-order valence-corrected chi connectivity index (χ4v) is 2.53. The lowest BCUT2D eigenvalue weighted by Gasteiger charge is -2.15. The molecule has 2 rings (SSSR count). The number of aromatic nitrogens is 1. The number of nitrogens with one attached hydrogen (secondary N) is 1. The second-order valence-electron chi connectivity index (χ2n) is 5.02. The number of carboxylic acid groups (broad SMARTS) is 1. The Bertz CT molecular complexity index is 549. The SMILES string of the molecule is CC(C)CC(NCc1coc(-c2cccs2)n1)C(=O)O. The van der Waals surface area contributed by atoms with Crippen LogP contribution in [0.1, 0.15) is 26.0 Å². The molecule has 0 radical (unpaired) electrons. The van der Waals surface area contributed by atoms with Crippen molar-refractivity contribution >= 4 is 17.3 Å². The van der Waals surface area contributed by atoms with E-state index in [1.807, 2.05) is 31.4 Å². The van der Waals surface area contributed by atoms with Gasteiger partial charge in [0.2, 0.25) is 5.89 Å². The van der Waals surface area contributed by atoms with Crippen LogP contribution in [0.3, 0.4) is 0 Å². The number of nitrogens with zero attached hydrogens (tertiary/aromatic N) is 1. The minimum atomic E-state index is -0.833. The Kier molecular flexibility index (Phi) is 4.92. The molecule has 0 aliphatic heterocycles. The molecule has 2 aromatic heterocycles. The van der Waals surface area contributed by atoms with Gasteiger partial charge in [-0.1, -0.05) is 19.9 Å². The van der Waals surface area contributed by atoms with E-state index in [1.165, 1.54) is 0 Å². The van der Waals surface area contributed by atoms with Gasteiger partial charge in [-0.3, -0.25) is 10.1 Å². The van der Waals surface area contributed by atoms with Crippen LogP contribution < -0.4 is 5.32 Å². The summed E-state index contributed by atoms with van der Waals surface area (Å²) in [6.07, 6.45) is 2.15. The first-order valence-electron chi connectivity index (χ1n) is 6.50. The molecule has 0 aliphatic carbocycles. The molecule has 0 spiro atoms. The highest BCUT2D eigenvalue weighted by atomic mass is 32.1. The van der Waals surface area contributed by atoms with Crippen molar-refractivity contribution in [1.29, 1.82) is 0 Å². The summed E-state index contributed by atoms with van der Waals surface area (Å²) in [5.74, 6) is 0.0656. The molecule has 1 unspecified atom stereocenters. The summed E-state index contributed by atoms with van der Waals surface area (Å²) >= 11 is 1.56. The zero-order chi connectivity index (χ0) is 14.5. The molecule has 20 heavy (non-hydrogen) atoms. The topological polar surface area (TPSA) is 75.4 Å². The minimum absolute atomic E-state index is 0.322. The van der Waals surface area contributed by atoms with Crippen LogP contribution >= 0.6 is 11.3 Å². The molecule has 0 amide bonds. The Labute approximate surface area is 121 Å². The van der Waals surface area contributed by atoms with Crippen LogP contribution in [0.4, 0.5) is 0 Å². The van der Waals surface area contributed by atoms with Crippen molar-refractivity contribution in [2.75, 3.05) is 0 Å². The summed E-state index contributed by atoms with van der Waals surface area (Å²) in [4.78, 5) is 16.5. The molecule has 0 fully saturated rings. The molecule has 0 bridgehead atoms. The highest BCUT2D eigenvalue weighted by molar-refractivity contribution is 7.13. The smallest absolute Gasteiger partial charge is 0.320 e. The number of hydrogen-bond acceptors (Lipinski definition) is 5. The number of rotatable bonds is 7. The number of carbonyl (C=O) groups is 1. The van der Waals surface area contributed by atoms with E-state index in [-0.39, 0.29) is 0 Å². The third kappa shape index (κ3) is 3.91. The lowest BCUT2D eigenvalue weighted by Crippen LogP contribution is -2.37. The molecule has 0 aromatic carbocycles. The van der Waals surface area contributed by atoms with Crippen molar-refractivity contribution < 1.29 is 14.3 Å². The summed E-state index contributed by atoms with van der Waals surface area (Å²) in [5, 5.41) is 14.1. The Morgan fingerprint density at radius 1 is 1.55 bits per heavy atom. The molecule has 1 atom stereocenters. The van der Waals surface area contributed by atoms with Crippen molar-refractivity contribution in [1.82, 2.24) is 10.3 Å². The minimum Gasteiger partial charge on any atom is -0.480 e. The van der Waals surface area contributed by atoms with Gasteiger partial charge < -0.3 is 9.52 Å². The molecule has 2 heterocycles. The van der Waals surface area contributed by atoms with E-state index in [9.17, 15) is 4.79 Å². The molecule has 108 valence electrons. The van der Waals surface area contributed by atoms with Gasteiger partial charge in [0.1, 0.15) is 12.3 Å². The predicted molar refractivity (Wildman–Crippen MR) is 77.5 cm³/mol. The summed E-state index contributed by atoms with van der Waals surface area (Å²) in [7, 11) is 0. The van der Waals surface area contributed by atoms with Gasteiger partial charge in [0.05, 0.1) is 10.6 Å². The van der Waals surface area contributed by atoms with Crippen LogP contribution in [-0.4, -0.2) is 22.1 Å². The van der Waals surface area contributed by atoms with E-state index in [0.717, 1.165) is 4.88 Å². The number of aliphatic carboxylic acids is 1. The van der Waals surface area contributed by atoms with Crippen LogP contribution in [-0.2, 0) is 11.3 Å². The lowest BCUT2D eigenvalue weighted by atomic mass is 10.0. The van der Waals surface area contributed by atoms with Gasteiger partial charge in [-0.15, -0.1) is 11.3 Å². The molecule has 0 saturated carbocycles. The first kappa shape index (κ1) is 14.7. The maximum Gasteiger partial charge on any atom is 0.320 e. The quantitative estimate of drug-likeness (QED) is 0.821. The Hall–Kier alpha value is -1.66. The summed E-state index contributed by atoms with van der Waals surface area (Å²) < 4.78 is 5.39. The molecular formula is C14H18N2O3S. The molecular weight excluding hydrogens is 276 g/mol. The monoisotopic (exact) mass is 294 g/mol. The molecule has 5 nitrogen and oxygen atoms in total. The van der Waals surface area contributed by atoms with Gasteiger partial charge >= 0.3 is 5.97 Å². The Morgan fingerprint density at radius 3 is 2.95 bits per heavy atom. The zero-order valence-electron chi connectivity index (χ0n) is 11.5. The van der Waals surface area contributed by atoms with Crippen LogP contribution in [0, 0.1) is 5.92 Å². The van der Waals surface area contributed by atoms with Gasteiger partial charge in [-0.25, -0.2) is 4.98 Å². The van der Waals surface area contributed by atoms with E-state index in [2.05, 4.69) is 10.3 Å². The second-order valence-corrected chi connectivity index (χ2v) is 5.97. The van der Waals surface area contributed by atoms with E-state index >= 15 is 0 Å². The Morgan fingerprint density at radius 2 is 2.35 bits per heavy atom. The van der Waals surface area contributed by atoms with Crippen molar-refractivity contribution in [2.45, 2.75) is 32.9 Å². The van der Waals surface area contributed by atoms with E-state index < -0.39 is 12.0 Å². The largest absolute Gasteiger partial charge is 0.480 e. The van der Waals surface area contributed by atoms with Gasteiger partial charge in [-0.05, 0) is 23.8 Å². The standard InChI is InChI=1S/C14H18N2O3S/c1-9(2)6-11(14(17)18)15-7-10-8-19-13(16-10)12-4-3-5-20-12/h3-5,8-9,11,15H,6-7H2,1-2H3,(H,17,18). The average Bonchev–Trinajstić information content (AvgIpc) is 3.03. The van der Waals surface area contributed by atoms with E-state index in [4.69, 9.17) is 9.52 Å². The maximum atomic E-state index is 11.1. The average molecular weight is 294 g/mol. The number of hydrogen-bond donors (Lipinski definition) is 2. The summed E-state index contributed by atoms with van der Waals surface area (Å²) in [6, 6.07) is 3.31. The Balaban J connectivity index is 1.95. The second kappa shape index (κ2) is 6.67. The van der Waals surface area contributed by atoms with Crippen LogP contribution in [0.15, 0.2) is 28.2 Å². The summed E-state index contributed by atoms with van der Waals surface area (Å²) in [5.41, 5.74) is 0.711. The maximum absolute atomic E-state index is 11.1. The first-order valence-corrected chi connectivity index (χ1v) is 7.38. The normalized spacial score (nSPS) is 12.8. The van der Waals surface area contributed by atoms with E-state index in [0.29, 0.717) is 30.5 Å². The number of thiophene rings is 1. The molecule has 2 N–H and O–H groups in total. The van der Waals surface area contributed by atoms with Crippen LogP contribution in [0.25, 0.3) is 10.8 Å². The van der Waals surface area contributed by atoms with Crippen LogP contribution in [0.2, 0.25) is 0 Å². The van der Waals surface area contributed by atoms with Gasteiger partial charge in [0, 0.05) is 6.54 Å². The van der Waals surface area contributed by atoms with Gasteiger partial charge in [-0.2, -0.15) is 0 Å². The van der Waals surface area contributed by atoms with Crippen molar-refractivity contribution in [3.8, 4) is 10.8 Å². The molecule has 6 heteroatoms. The van der Waals surface area contributed by atoms with Crippen molar-refractivity contribution in [2.24, 2.45) is 5.92 Å². The van der Waals surface area contributed by atoms with E-state index in [1.54, 1.807) is 17.6 Å². The lowest BCUT2D eigenvalue weighted by molar-refractivity contribution is -0.140. The predicted octanol–water partition coefficient (Wildman–Crippen LogP) is 2.99. The molecule has 0 saturated heterocycles. The van der Waals surface area contributed by atoms with Gasteiger partial charge in [0.15, 0.2) is 0 Å². The van der Waals surface area contributed by atoms with Gasteiger partial charge in [0.25, 0.3) is 0 Å².